The zero-order valence-electron chi connectivity index (χ0n) is 7.23. The van der Waals surface area contributed by atoms with Gasteiger partial charge in [0.2, 0.25) is 0 Å². The summed E-state index contributed by atoms with van der Waals surface area (Å²) in [7, 11) is -2.67. The van der Waals surface area contributed by atoms with Gasteiger partial charge in [0.05, 0.1) is 7.32 Å². The second-order valence-corrected chi connectivity index (χ2v) is 1.04. The summed E-state index contributed by atoms with van der Waals surface area (Å²) in [5, 5.41) is 24.0. The summed E-state index contributed by atoms with van der Waals surface area (Å²) in [5.74, 6) is -4.04. The second-order valence-electron chi connectivity index (χ2n) is 1.04. The molecule has 14 heavy (non-hydrogen) atoms. The number of halogens is 2. The molecular formula is C2HBF2Na2O7. The molecule has 0 heterocycles. The van der Waals surface area contributed by atoms with E-state index >= 15 is 0 Å². The molecule has 0 aromatic carbocycles. The van der Waals surface area contributed by atoms with Crippen molar-refractivity contribution in [2.24, 2.45) is 0 Å². The minimum absolute atomic E-state index is 0. The Morgan fingerprint density at radius 1 is 1.07 bits per heavy atom. The third kappa shape index (κ3) is 23.0. The van der Waals surface area contributed by atoms with E-state index in [-0.39, 0.29) is 59.1 Å². The van der Waals surface area contributed by atoms with Gasteiger partial charge < -0.3 is 15.1 Å². The predicted molar refractivity (Wildman–Crippen MR) is 22.4 cm³/mol. The molecule has 0 bridgehead atoms. The third-order valence-corrected chi connectivity index (χ3v) is 0.307. The van der Waals surface area contributed by atoms with Crippen molar-refractivity contribution in [1.82, 2.24) is 0 Å². The van der Waals surface area contributed by atoms with E-state index in [9.17, 15) is 18.6 Å². The summed E-state index contributed by atoms with van der Waals surface area (Å²) in [5.41, 5.74) is 0. The van der Waals surface area contributed by atoms with Crippen LogP contribution in [0.5, 0.6) is 0 Å². The van der Waals surface area contributed by atoms with Crippen LogP contribution in [-0.4, -0.2) is 24.3 Å². The van der Waals surface area contributed by atoms with Crippen molar-refractivity contribution < 1.29 is 103 Å². The normalized spacial score (nSPS) is 6.36. The molecule has 0 saturated heterocycles. The molecule has 70 valence electrons. The van der Waals surface area contributed by atoms with Gasteiger partial charge in [-0.3, -0.25) is 0 Å². The number of carbonyl (C=O) groups is 2. The summed E-state index contributed by atoms with van der Waals surface area (Å²) in [4.78, 5) is 23.4. The molecule has 0 radical (unpaired) electrons. The molecular weight excluding hydrogens is 231 g/mol. The van der Waals surface area contributed by atoms with Crippen molar-refractivity contribution in [3.8, 4) is 0 Å². The Balaban J connectivity index is -0.0000000733. The molecule has 0 atom stereocenters. The van der Waals surface area contributed by atoms with E-state index in [1.807, 2.05) is 0 Å². The molecule has 0 aliphatic carbocycles. The standard InChI is InChI=1S/C2F2O4.BHO3.2Na/c3-7-1(5)2(6)8-4;2-1(3)4;;/h;2H;;/q;-2;2*+1. The Labute approximate surface area is 121 Å². The quantitative estimate of drug-likeness (QED) is 0.325. The Morgan fingerprint density at radius 2 is 1.21 bits per heavy atom. The first-order chi connectivity index (χ1) is 5.45. The van der Waals surface area contributed by atoms with E-state index in [2.05, 4.69) is 9.88 Å². The average Bonchev–Trinajstić information content (AvgIpc) is 2.00. The van der Waals surface area contributed by atoms with Gasteiger partial charge in [-0.2, -0.15) is 0 Å². The van der Waals surface area contributed by atoms with Crippen LogP contribution < -0.4 is 69.2 Å². The van der Waals surface area contributed by atoms with E-state index < -0.39 is 19.3 Å². The molecule has 0 aliphatic rings. The molecule has 7 nitrogen and oxygen atoms in total. The zero-order valence-corrected chi connectivity index (χ0v) is 11.2. The van der Waals surface area contributed by atoms with Crippen LogP contribution in [0.15, 0.2) is 0 Å². The van der Waals surface area contributed by atoms with Gasteiger partial charge in [-0.15, -0.1) is 0 Å². The van der Waals surface area contributed by atoms with Crippen molar-refractivity contribution in [1.29, 1.82) is 0 Å². The van der Waals surface area contributed by atoms with Gasteiger partial charge in [-0.25, -0.2) is 19.5 Å². The maximum atomic E-state index is 10.5. The molecule has 12 heteroatoms. The molecule has 0 spiro atoms. The van der Waals surface area contributed by atoms with Gasteiger partial charge in [0.15, 0.2) is 0 Å². The number of carbonyl (C=O) groups excluding carboxylic acids is 2. The molecule has 0 amide bonds. The monoisotopic (exact) mass is 232 g/mol. The minimum atomic E-state index is -2.67. The predicted octanol–water partition coefficient (Wildman–Crippen LogP) is -9.47. The fourth-order valence-electron chi connectivity index (χ4n) is 0.0630. The molecule has 1 N–H and O–H groups in total. The zero-order chi connectivity index (χ0) is 10.1. The van der Waals surface area contributed by atoms with Crippen LogP contribution in [0.2, 0.25) is 0 Å². The maximum Gasteiger partial charge on any atom is 1.00 e. The van der Waals surface area contributed by atoms with Crippen molar-refractivity contribution >= 4 is 19.3 Å². The van der Waals surface area contributed by atoms with Crippen LogP contribution in [0.25, 0.3) is 0 Å². The smallest absolute Gasteiger partial charge is 0.871 e. The first-order valence-electron chi connectivity index (χ1n) is 2.10. The average molecular weight is 232 g/mol. The SMILES string of the molecule is O=C(OF)C(=O)OF.[Na+].[Na+].[O-]B([O-])O. The first-order valence-corrected chi connectivity index (χ1v) is 2.10. The molecule has 0 aromatic heterocycles. The van der Waals surface area contributed by atoms with Crippen molar-refractivity contribution in [3.63, 3.8) is 0 Å². The van der Waals surface area contributed by atoms with Crippen molar-refractivity contribution in [2.75, 3.05) is 0 Å². The molecule has 0 unspecified atom stereocenters. The first kappa shape index (κ1) is 24.1. The number of hydrogen-bond acceptors (Lipinski definition) is 7. The summed E-state index contributed by atoms with van der Waals surface area (Å²) in [6.07, 6.45) is 0. The van der Waals surface area contributed by atoms with E-state index in [1.165, 1.54) is 0 Å². The van der Waals surface area contributed by atoms with Crippen LogP contribution in [-0.2, 0) is 19.5 Å². The number of hydrogen-bond donors (Lipinski definition) is 1. The Kier molecular flexibility index (Phi) is 27.9. The summed E-state index contributed by atoms with van der Waals surface area (Å²) in [6, 6.07) is 0. The van der Waals surface area contributed by atoms with Crippen LogP contribution in [0, 0.1) is 0 Å². The Bertz CT molecular complexity index is 140. The van der Waals surface area contributed by atoms with Gasteiger partial charge >= 0.3 is 71.1 Å². The van der Waals surface area contributed by atoms with Gasteiger partial charge in [0.1, 0.15) is 0 Å². The Hall–Kier alpha value is 0.745. The third-order valence-electron chi connectivity index (χ3n) is 0.307. The maximum absolute atomic E-state index is 10.5. The topological polar surface area (TPSA) is 119 Å². The molecule has 0 aromatic rings. The van der Waals surface area contributed by atoms with E-state index in [1.54, 1.807) is 0 Å². The van der Waals surface area contributed by atoms with Gasteiger partial charge in [0, 0.05) is 9.05 Å². The Morgan fingerprint density at radius 3 is 1.29 bits per heavy atom. The van der Waals surface area contributed by atoms with E-state index in [4.69, 9.17) is 15.1 Å². The summed E-state index contributed by atoms with van der Waals surface area (Å²) < 4.78 is 21.0. The molecule has 0 saturated carbocycles. The molecule has 0 aliphatic heterocycles. The second kappa shape index (κ2) is 16.2. The molecule has 0 fully saturated rings. The van der Waals surface area contributed by atoms with E-state index in [0.717, 1.165) is 0 Å². The van der Waals surface area contributed by atoms with Crippen molar-refractivity contribution in [3.05, 3.63) is 0 Å². The van der Waals surface area contributed by atoms with Crippen LogP contribution in [0.3, 0.4) is 0 Å². The van der Waals surface area contributed by atoms with Crippen LogP contribution >= 0.6 is 0 Å². The van der Waals surface area contributed by atoms with Gasteiger partial charge in [-0.05, 0) is 0 Å². The summed E-state index contributed by atoms with van der Waals surface area (Å²) in [6.45, 7) is 0. The fraction of sp³-hybridized carbons (Fsp3) is 0. The van der Waals surface area contributed by atoms with Gasteiger partial charge in [-0.1, -0.05) is 0 Å². The fourth-order valence-corrected chi connectivity index (χ4v) is 0.0630. The van der Waals surface area contributed by atoms with Gasteiger partial charge in [0.25, 0.3) is 0 Å². The van der Waals surface area contributed by atoms with Crippen molar-refractivity contribution in [2.45, 2.75) is 0 Å². The summed E-state index contributed by atoms with van der Waals surface area (Å²) >= 11 is 0. The van der Waals surface area contributed by atoms with Crippen LogP contribution in [0.1, 0.15) is 0 Å². The number of rotatable bonds is 0. The van der Waals surface area contributed by atoms with E-state index in [0.29, 0.717) is 0 Å². The van der Waals surface area contributed by atoms with Crippen LogP contribution in [0.4, 0.5) is 9.05 Å². The molecule has 0 rings (SSSR count). The largest absolute Gasteiger partial charge is 1.00 e. The minimum Gasteiger partial charge on any atom is -0.871 e.